The van der Waals surface area contributed by atoms with Gasteiger partial charge in [0.25, 0.3) is 5.91 Å². The highest BCUT2D eigenvalue weighted by Crippen LogP contribution is 2.14. The van der Waals surface area contributed by atoms with E-state index in [0.717, 1.165) is 18.5 Å². The van der Waals surface area contributed by atoms with Crippen LogP contribution in [0.25, 0.3) is 0 Å². The largest absolute Gasteiger partial charge is 0.351 e. The molecule has 0 atom stereocenters. The van der Waals surface area contributed by atoms with Gasteiger partial charge in [-0.3, -0.25) is 4.79 Å². The fraction of sp³-hybridized carbons (Fsp3) is 0.562. The van der Waals surface area contributed by atoms with Crippen molar-refractivity contribution in [3.05, 3.63) is 35.4 Å². The van der Waals surface area contributed by atoms with Gasteiger partial charge in [0.2, 0.25) is 0 Å². The second-order valence-electron chi connectivity index (χ2n) is 6.32. The summed E-state index contributed by atoms with van der Waals surface area (Å²) in [5.74, 6) is -0.0179. The number of amides is 1. The lowest BCUT2D eigenvalue weighted by Gasteiger charge is -2.28. The minimum Gasteiger partial charge on any atom is -0.351 e. The molecule has 3 N–H and O–H groups in total. The maximum atomic E-state index is 12.2. The molecule has 0 aliphatic rings. The van der Waals surface area contributed by atoms with Crippen LogP contribution in [0.5, 0.6) is 0 Å². The highest BCUT2D eigenvalue weighted by Gasteiger charge is 2.20. The number of carbonyl (C=O) groups excluding carboxylic acids is 1. The Morgan fingerprint density at radius 2 is 2.05 bits per heavy atom. The van der Waals surface area contributed by atoms with E-state index in [0.29, 0.717) is 18.7 Å². The van der Waals surface area contributed by atoms with E-state index >= 15 is 0 Å². The molecule has 0 fully saturated rings. The van der Waals surface area contributed by atoms with Crippen LogP contribution in [0.3, 0.4) is 0 Å². The molecule has 1 aromatic carbocycles. The summed E-state index contributed by atoms with van der Waals surface area (Å²) < 4.78 is 0. The Hall–Kier alpha value is -1.39. The first-order valence-electron chi connectivity index (χ1n) is 7.06. The fourth-order valence-electron chi connectivity index (χ4n) is 2.37. The Kier molecular flexibility index (Phi) is 6.17. The fourth-order valence-corrected chi connectivity index (χ4v) is 2.37. The van der Waals surface area contributed by atoms with Crippen LogP contribution in [0.1, 0.15) is 29.8 Å². The molecule has 0 radical (unpaired) electrons. The van der Waals surface area contributed by atoms with Crippen molar-refractivity contribution in [1.29, 1.82) is 0 Å². The van der Waals surface area contributed by atoms with Crippen LogP contribution in [-0.2, 0) is 6.42 Å². The van der Waals surface area contributed by atoms with Crippen LogP contribution in [0, 0.1) is 5.41 Å². The van der Waals surface area contributed by atoms with Crippen molar-refractivity contribution in [3.8, 4) is 0 Å². The van der Waals surface area contributed by atoms with Crippen molar-refractivity contribution in [2.24, 2.45) is 11.1 Å². The van der Waals surface area contributed by atoms with Gasteiger partial charge in [-0.25, -0.2) is 0 Å². The average molecular weight is 277 g/mol. The quantitative estimate of drug-likeness (QED) is 0.794. The SMILES string of the molecule is CN(C)CC(C)(C)CNC(=O)c1cccc(CCN)c1. The molecule has 4 nitrogen and oxygen atoms in total. The molecular weight excluding hydrogens is 250 g/mol. The molecule has 0 saturated heterocycles. The lowest BCUT2D eigenvalue weighted by molar-refractivity contribution is 0.0929. The van der Waals surface area contributed by atoms with Crippen LogP contribution in [0.4, 0.5) is 0 Å². The molecule has 0 saturated carbocycles. The molecule has 20 heavy (non-hydrogen) atoms. The third kappa shape index (κ3) is 5.72. The Morgan fingerprint density at radius 1 is 1.35 bits per heavy atom. The first-order chi connectivity index (χ1) is 9.34. The van der Waals surface area contributed by atoms with Gasteiger partial charge in [-0.2, -0.15) is 0 Å². The number of nitrogens with zero attached hydrogens (tertiary/aromatic N) is 1. The van der Waals surface area contributed by atoms with E-state index in [4.69, 9.17) is 5.73 Å². The summed E-state index contributed by atoms with van der Waals surface area (Å²) in [4.78, 5) is 14.3. The zero-order valence-corrected chi connectivity index (χ0v) is 13.1. The molecule has 0 aliphatic heterocycles. The molecule has 0 unspecified atom stereocenters. The third-order valence-electron chi connectivity index (χ3n) is 3.09. The van der Waals surface area contributed by atoms with Gasteiger partial charge in [0, 0.05) is 18.7 Å². The number of nitrogens with one attached hydrogen (secondary N) is 1. The number of carbonyl (C=O) groups is 1. The highest BCUT2D eigenvalue weighted by atomic mass is 16.1. The third-order valence-corrected chi connectivity index (χ3v) is 3.09. The zero-order valence-electron chi connectivity index (χ0n) is 13.1. The van der Waals surface area contributed by atoms with Crippen molar-refractivity contribution in [3.63, 3.8) is 0 Å². The summed E-state index contributed by atoms with van der Waals surface area (Å²) >= 11 is 0. The van der Waals surface area contributed by atoms with Gasteiger partial charge in [-0.1, -0.05) is 26.0 Å². The van der Waals surface area contributed by atoms with E-state index < -0.39 is 0 Å². The second-order valence-corrected chi connectivity index (χ2v) is 6.32. The molecule has 1 amide bonds. The van der Waals surface area contributed by atoms with E-state index in [-0.39, 0.29) is 11.3 Å². The van der Waals surface area contributed by atoms with Crippen molar-refractivity contribution in [1.82, 2.24) is 10.2 Å². The number of benzene rings is 1. The normalized spacial score (nSPS) is 11.7. The van der Waals surface area contributed by atoms with E-state index in [2.05, 4.69) is 24.1 Å². The summed E-state index contributed by atoms with van der Waals surface area (Å²) in [5, 5.41) is 3.02. The minimum atomic E-state index is -0.0179. The summed E-state index contributed by atoms with van der Waals surface area (Å²) in [6.07, 6.45) is 0.799. The Balaban J connectivity index is 2.60. The molecule has 0 heterocycles. The van der Waals surface area contributed by atoms with Gasteiger partial charge in [0.1, 0.15) is 0 Å². The highest BCUT2D eigenvalue weighted by molar-refractivity contribution is 5.94. The van der Waals surface area contributed by atoms with Gasteiger partial charge in [-0.15, -0.1) is 0 Å². The smallest absolute Gasteiger partial charge is 0.251 e. The second kappa shape index (κ2) is 7.41. The van der Waals surface area contributed by atoms with E-state index in [1.807, 2.05) is 38.4 Å². The molecule has 1 rings (SSSR count). The number of hydrogen-bond acceptors (Lipinski definition) is 3. The van der Waals surface area contributed by atoms with Crippen LogP contribution in [0.15, 0.2) is 24.3 Å². The lowest BCUT2D eigenvalue weighted by atomic mass is 9.93. The summed E-state index contributed by atoms with van der Waals surface area (Å²) in [6.45, 7) is 6.49. The standard InChI is InChI=1S/C16H27N3O/c1-16(2,12-19(3)4)11-18-15(20)14-7-5-6-13(10-14)8-9-17/h5-7,10H,8-9,11-12,17H2,1-4H3,(H,18,20). The Morgan fingerprint density at radius 3 is 2.65 bits per heavy atom. The van der Waals surface area contributed by atoms with Crippen molar-refractivity contribution < 1.29 is 4.79 Å². The molecular formula is C16H27N3O. The summed E-state index contributed by atoms with van der Waals surface area (Å²) in [5.41, 5.74) is 7.40. The molecule has 0 spiro atoms. The number of hydrogen-bond donors (Lipinski definition) is 2. The van der Waals surface area contributed by atoms with Gasteiger partial charge >= 0.3 is 0 Å². The first kappa shape index (κ1) is 16.7. The predicted octanol–water partition coefficient (Wildman–Crippen LogP) is 1.51. The molecule has 1 aromatic rings. The van der Waals surface area contributed by atoms with E-state index in [9.17, 15) is 4.79 Å². The topological polar surface area (TPSA) is 58.4 Å². The molecule has 112 valence electrons. The zero-order chi connectivity index (χ0) is 15.2. The van der Waals surface area contributed by atoms with Gasteiger partial charge in [0.05, 0.1) is 0 Å². The Bertz CT molecular complexity index is 441. The molecule has 0 aromatic heterocycles. The monoisotopic (exact) mass is 277 g/mol. The lowest BCUT2D eigenvalue weighted by Crippen LogP contribution is -2.40. The van der Waals surface area contributed by atoms with Crippen molar-refractivity contribution >= 4 is 5.91 Å². The van der Waals surface area contributed by atoms with E-state index in [1.165, 1.54) is 0 Å². The predicted molar refractivity (Wildman–Crippen MR) is 83.9 cm³/mol. The van der Waals surface area contributed by atoms with Gasteiger partial charge in [-0.05, 0) is 50.2 Å². The van der Waals surface area contributed by atoms with Gasteiger partial charge < -0.3 is 16.0 Å². The first-order valence-corrected chi connectivity index (χ1v) is 7.06. The number of nitrogens with two attached hydrogens (primary N) is 1. The average Bonchev–Trinajstić information content (AvgIpc) is 2.35. The summed E-state index contributed by atoms with van der Waals surface area (Å²) in [6, 6.07) is 7.67. The minimum absolute atomic E-state index is 0.0179. The van der Waals surface area contributed by atoms with E-state index in [1.54, 1.807) is 0 Å². The van der Waals surface area contributed by atoms with Crippen LogP contribution < -0.4 is 11.1 Å². The molecule has 4 heteroatoms. The maximum Gasteiger partial charge on any atom is 0.251 e. The summed E-state index contributed by atoms with van der Waals surface area (Å²) in [7, 11) is 4.08. The maximum absolute atomic E-state index is 12.2. The Labute approximate surface area is 122 Å². The number of rotatable bonds is 7. The van der Waals surface area contributed by atoms with Crippen molar-refractivity contribution in [2.45, 2.75) is 20.3 Å². The van der Waals surface area contributed by atoms with Crippen LogP contribution >= 0.6 is 0 Å². The van der Waals surface area contributed by atoms with Crippen molar-refractivity contribution in [2.75, 3.05) is 33.7 Å². The van der Waals surface area contributed by atoms with Crippen LogP contribution in [-0.4, -0.2) is 44.5 Å². The molecule has 0 aliphatic carbocycles. The van der Waals surface area contributed by atoms with Crippen LogP contribution in [0.2, 0.25) is 0 Å². The van der Waals surface area contributed by atoms with Gasteiger partial charge in [0.15, 0.2) is 0 Å². The molecule has 0 bridgehead atoms.